The summed E-state index contributed by atoms with van der Waals surface area (Å²) in [6.45, 7) is 2.88. The minimum atomic E-state index is -1.04. The Hall–Kier alpha value is -3.03. The van der Waals surface area contributed by atoms with E-state index in [1.165, 1.54) is 13.8 Å². The third kappa shape index (κ3) is 4.48. The van der Waals surface area contributed by atoms with Crippen LogP contribution in [0.15, 0.2) is 29.4 Å². The summed E-state index contributed by atoms with van der Waals surface area (Å²) in [5.41, 5.74) is 3.27. The quantitative estimate of drug-likeness (QED) is 0.618. The van der Waals surface area contributed by atoms with Crippen LogP contribution in [0.4, 0.5) is 5.69 Å². The number of Topliss-reactive ketones (excluding diaryl/α,β-unsaturated/α-hetero) is 1. The Labute approximate surface area is 138 Å². The lowest BCUT2D eigenvalue weighted by atomic mass is 10.1. The van der Waals surface area contributed by atoms with Gasteiger partial charge in [-0.25, -0.2) is 10.2 Å². The Morgan fingerprint density at radius 2 is 1.88 bits per heavy atom. The summed E-state index contributed by atoms with van der Waals surface area (Å²) >= 11 is 0. The number of carbonyl (C=O) groups is 4. The lowest BCUT2D eigenvalue weighted by Gasteiger charge is -2.16. The highest BCUT2D eigenvalue weighted by Gasteiger charge is 2.24. The maximum Gasteiger partial charge on any atom is 0.355 e. The molecule has 1 aliphatic heterocycles. The molecule has 0 fully saturated rings. The Bertz CT molecular complexity index is 709. The minimum absolute atomic E-state index is 0.0695. The van der Waals surface area contributed by atoms with E-state index < -0.39 is 18.0 Å². The first kappa shape index (κ1) is 17.3. The Kier molecular flexibility index (Phi) is 5.41. The summed E-state index contributed by atoms with van der Waals surface area (Å²) in [5.74, 6) is -1.61. The van der Waals surface area contributed by atoms with Gasteiger partial charge in [0.15, 0.2) is 11.9 Å². The fraction of sp³-hybridized carbons (Fsp3) is 0.312. The van der Waals surface area contributed by atoms with Crippen molar-refractivity contribution in [1.29, 1.82) is 0 Å². The number of esters is 1. The van der Waals surface area contributed by atoms with Crippen molar-refractivity contribution < 1.29 is 23.9 Å². The second kappa shape index (κ2) is 7.49. The van der Waals surface area contributed by atoms with Gasteiger partial charge in [-0.05, 0) is 38.1 Å². The number of ether oxygens (including phenoxy) is 1. The van der Waals surface area contributed by atoms with Crippen LogP contribution in [-0.4, -0.2) is 35.4 Å². The van der Waals surface area contributed by atoms with E-state index in [0.29, 0.717) is 11.3 Å². The van der Waals surface area contributed by atoms with Crippen molar-refractivity contribution in [2.45, 2.75) is 32.8 Å². The predicted octanol–water partition coefficient (Wildman–Crippen LogP) is 1.03. The number of hydrogen-bond donors (Lipinski definition) is 2. The lowest BCUT2D eigenvalue weighted by Crippen LogP contribution is -2.35. The average molecular weight is 331 g/mol. The van der Waals surface area contributed by atoms with Gasteiger partial charge in [-0.15, -0.1) is 0 Å². The van der Waals surface area contributed by atoms with Gasteiger partial charge in [-0.2, -0.15) is 5.10 Å². The number of nitrogens with zero attached hydrogens (tertiary/aromatic N) is 1. The lowest BCUT2D eigenvalue weighted by molar-refractivity contribution is -0.146. The third-order valence-electron chi connectivity index (χ3n) is 3.35. The number of ketones is 1. The zero-order valence-corrected chi connectivity index (χ0v) is 13.3. The molecule has 0 saturated carbocycles. The normalized spacial score (nSPS) is 14.9. The molecule has 8 heteroatoms. The maximum atomic E-state index is 12.0. The molecule has 0 aromatic heterocycles. The summed E-state index contributed by atoms with van der Waals surface area (Å²) in [6, 6.07) is 6.36. The molecular weight excluding hydrogens is 314 g/mol. The van der Waals surface area contributed by atoms with Crippen molar-refractivity contribution in [3.05, 3.63) is 29.8 Å². The molecule has 1 aliphatic rings. The summed E-state index contributed by atoms with van der Waals surface area (Å²) in [5, 5.41) is 6.20. The highest BCUT2D eigenvalue weighted by Crippen LogP contribution is 2.11. The topological polar surface area (TPSA) is 114 Å². The van der Waals surface area contributed by atoms with E-state index in [9.17, 15) is 19.2 Å². The van der Waals surface area contributed by atoms with Crippen LogP contribution in [0.5, 0.6) is 0 Å². The second-order valence-electron chi connectivity index (χ2n) is 5.26. The molecule has 24 heavy (non-hydrogen) atoms. The molecule has 8 nitrogen and oxygen atoms in total. The van der Waals surface area contributed by atoms with Gasteiger partial charge in [0.05, 0.1) is 0 Å². The standard InChI is InChI=1S/C16H17N3O5/c1-9(20)11-3-5-12(6-4-11)17-15(22)10(2)24-16(23)13-7-8-14(21)19-18-13/h3-6,10H,7-8H2,1-2H3,(H,17,22)(H,19,21)/t10-/m0/s1. The third-order valence-corrected chi connectivity index (χ3v) is 3.35. The molecular formula is C16H17N3O5. The molecule has 2 amide bonds. The van der Waals surface area contributed by atoms with Gasteiger partial charge in [0.1, 0.15) is 5.71 Å². The van der Waals surface area contributed by atoms with Crippen LogP contribution in [0.25, 0.3) is 0 Å². The van der Waals surface area contributed by atoms with E-state index in [1.54, 1.807) is 24.3 Å². The van der Waals surface area contributed by atoms with Gasteiger partial charge in [0, 0.05) is 24.1 Å². The number of hydrazone groups is 1. The molecule has 0 saturated heterocycles. The SMILES string of the molecule is CC(=O)c1ccc(NC(=O)[C@H](C)OC(=O)C2=NNC(=O)CC2)cc1. The molecule has 2 rings (SSSR count). The molecule has 1 heterocycles. The van der Waals surface area contributed by atoms with Gasteiger partial charge < -0.3 is 10.1 Å². The van der Waals surface area contributed by atoms with Crippen LogP contribution in [0.1, 0.15) is 37.0 Å². The molecule has 0 spiro atoms. The molecule has 1 aromatic carbocycles. The van der Waals surface area contributed by atoms with Gasteiger partial charge in [-0.1, -0.05) is 0 Å². The van der Waals surface area contributed by atoms with Crippen LogP contribution < -0.4 is 10.7 Å². The molecule has 0 bridgehead atoms. The maximum absolute atomic E-state index is 12.0. The molecule has 0 unspecified atom stereocenters. The van der Waals surface area contributed by atoms with Crippen LogP contribution in [0.2, 0.25) is 0 Å². The van der Waals surface area contributed by atoms with E-state index in [4.69, 9.17) is 4.74 Å². The Morgan fingerprint density at radius 3 is 2.42 bits per heavy atom. The van der Waals surface area contributed by atoms with Crippen LogP contribution >= 0.6 is 0 Å². The zero-order chi connectivity index (χ0) is 17.7. The second-order valence-corrected chi connectivity index (χ2v) is 5.26. The fourth-order valence-corrected chi connectivity index (χ4v) is 1.94. The fourth-order valence-electron chi connectivity index (χ4n) is 1.94. The zero-order valence-electron chi connectivity index (χ0n) is 13.3. The average Bonchev–Trinajstić information content (AvgIpc) is 2.55. The first-order valence-corrected chi connectivity index (χ1v) is 7.35. The van der Waals surface area contributed by atoms with E-state index in [1.807, 2.05) is 0 Å². The van der Waals surface area contributed by atoms with Crippen molar-refractivity contribution in [2.75, 3.05) is 5.32 Å². The van der Waals surface area contributed by atoms with E-state index in [-0.39, 0.29) is 30.2 Å². The van der Waals surface area contributed by atoms with Gasteiger partial charge >= 0.3 is 5.97 Å². The summed E-state index contributed by atoms with van der Waals surface area (Å²) in [6.07, 6.45) is -0.715. The molecule has 126 valence electrons. The minimum Gasteiger partial charge on any atom is -0.448 e. The molecule has 0 aliphatic carbocycles. The van der Waals surface area contributed by atoms with E-state index in [0.717, 1.165) is 0 Å². The van der Waals surface area contributed by atoms with E-state index in [2.05, 4.69) is 15.8 Å². The highest BCUT2D eigenvalue weighted by molar-refractivity contribution is 6.37. The van der Waals surface area contributed by atoms with Crippen molar-refractivity contribution in [2.24, 2.45) is 5.10 Å². The molecule has 1 atom stereocenters. The summed E-state index contributed by atoms with van der Waals surface area (Å²) in [7, 11) is 0. The predicted molar refractivity (Wildman–Crippen MR) is 85.4 cm³/mol. The Morgan fingerprint density at radius 1 is 1.21 bits per heavy atom. The van der Waals surface area contributed by atoms with Crippen molar-refractivity contribution in [1.82, 2.24) is 5.43 Å². The van der Waals surface area contributed by atoms with Gasteiger partial charge in [0.2, 0.25) is 5.91 Å². The van der Waals surface area contributed by atoms with Crippen molar-refractivity contribution in [3.8, 4) is 0 Å². The first-order chi connectivity index (χ1) is 11.4. The largest absolute Gasteiger partial charge is 0.448 e. The monoisotopic (exact) mass is 331 g/mol. The molecule has 1 aromatic rings. The molecule has 2 N–H and O–H groups in total. The van der Waals surface area contributed by atoms with Crippen LogP contribution in [-0.2, 0) is 19.1 Å². The summed E-state index contributed by atoms with van der Waals surface area (Å²) in [4.78, 5) is 46.1. The first-order valence-electron chi connectivity index (χ1n) is 7.35. The number of amides is 2. The number of benzene rings is 1. The van der Waals surface area contributed by atoms with Gasteiger partial charge in [0.25, 0.3) is 5.91 Å². The number of rotatable bonds is 5. The van der Waals surface area contributed by atoms with Crippen molar-refractivity contribution >= 4 is 35.0 Å². The number of hydrogen-bond acceptors (Lipinski definition) is 6. The smallest absolute Gasteiger partial charge is 0.355 e. The Balaban J connectivity index is 1.91. The molecule has 0 radical (unpaired) electrons. The van der Waals surface area contributed by atoms with Crippen LogP contribution in [0.3, 0.4) is 0 Å². The van der Waals surface area contributed by atoms with Gasteiger partial charge in [-0.3, -0.25) is 14.4 Å². The van der Waals surface area contributed by atoms with Crippen LogP contribution in [0, 0.1) is 0 Å². The van der Waals surface area contributed by atoms with E-state index >= 15 is 0 Å². The van der Waals surface area contributed by atoms with Crippen molar-refractivity contribution in [3.63, 3.8) is 0 Å². The highest BCUT2D eigenvalue weighted by atomic mass is 16.5. The summed E-state index contributed by atoms with van der Waals surface area (Å²) < 4.78 is 5.03. The number of anilines is 1. The number of carbonyl (C=O) groups excluding carboxylic acids is 4. The number of nitrogens with one attached hydrogen (secondary N) is 2.